The molecule has 0 aliphatic carbocycles. The van der Waals surface area contributed by atoms with Gasteiger partial charge in [0.2, 0.25) is 10.0 Å². The number of nitrogens with one attached hydrogen (secondary N) is 2. The first-order chi connectivity index (χ1) is 14.4. The normalized spacial score (nSPS) is 20.4. The minimum absolute atomic E-state index is 0.110. The molecule has 0 saturated carbocycles. The SMILES string of the molecule is CCC[C@@H](CNS(=O)(=O)c1ccc(CC)cc1)[C@H]1CN(C(=O)c2cnn[nH]2)C[C@H]1C. The monoisotopic (exact) mass is 433 g/mol. The summed E-state index contributed by atoms with van der Waals surface area (Å²) < 4.78 is 28.4. The third-order valence-corrected chi connectivity index (χ3v) is 7.49. The van der Waals surface area contributed by atoms with Crippen molar-refractivity contribution in [2.75, 3.05) is 19.6 Å². The Balaban J connectivity index is 1.67. The van der Waals surface area contributed by atoms with Crippen LogP contribution in [0.4, 0.5) is 0 Å². The Hall–Kier alpha value is -2.26. The molecule has 0 radical (unpaired) electrons. The number of nitrogens with zero attached hydrogens (tertiary/aromatic N) is 3. The van der Waals surface area contributed by atoms with Crippen LogP contribution in [0.15, 0.2) is 35.4 Å². The van der Waals surface area contributed by atoms with E-state index in [-0.39, 0.29) is 28.6 Å². The number of aryl methyl sites for hydroxylation is 1. The molecule has 3 rings (SSSR count). The topological polar surface area (TPSA) is 108 Å². The van der Waals surface area contributed by atoms with Gasteiger partial charge in [0.05, 0.1) is 11.1 Å². The van der Waals surface area contributed by atoms with E-state index in [0.29, 0.717) is 25.3 Å². The number of hydrogen-bond acceptors (Lipinski definition) is 5. The summed E-state index contributed by atoms with van der Waals surface area (Å²) in [4.78, 5) is 14.7. The number of carbonyl (C=O) groups is 1. The molecule has 1 amide bonds. The zero-order valence-electron chi connectivity index (χ0n) is 17.8. The van der Waals surface area contributed by atoms with Crippen LogP contribution in [0.1, 0.15) is 49.7 Å². The molecule has 1 fully saturated rings. The van der Waals surface area contributed by atoms with Crippen molar-refractivity contribution < 1.29 is 13.2 Å². The van der Waals surface area contributed by atoms with Crippen LogP contribution in [-0.2, 0) is 16.4 Å². The maximum Gasteiger partial charge on any atom is 0.273 e. The molecular weight excluding hydrogens is 402 g/mol. The number of likely N-dealkylation sites (tertiary alicyclic amines) is 1. The van der Waals surface area contributed by atoms with Crippen LogP contribution in [0.2, 0.25) is 0 Å². The highest BCUT2D eigenvalue weighted by atomic mass is 32.2. The summed E-state index contributed by atoms with van der Waals surface area (Å²) in [5, 5.41) is 9.92. The number of sulfonamides is 1. The molecule has 9 heteroatoms. The van der Waals surface area contributed by atoms with Crippen molar-refractivity contribution in [1.29, 1.82) is 0 Å². The summed E-state index contributed by atoms with van der Waals surface area (Å²) in [7, 11) is -3.56. The average Bonchev–Trinajstić information content (AvgIpc) is 3.41. The number of carbonyl (C=O) groups excluding carboxylic acids is 1. The van der Waals surface area contributed by atoms with E-state index in [0.717, 1.165) is 24.8 Å². The third kappa shape index (κ3) is 5.07. The lowest BCUT2D eigenvalue weighted by molar-refractivity contribution is 0.0774. The first-order valence-electron chi connectivity index (χ1n) is 10.6. The Morgan fingerprint density at radius 2 is 2.00 bits per heavy atom. The van der Waals surface area contributed by atoms with E-state index in [1.165, 1.54) is 6.20 Å². The van der Waals surface area contributed by atoms with Crippen LogP contribution >= 0.6 is 0 Å². The van der Waals surface area contributed by atoms with Gasteiger partial charge in [-0.2, -0.15) is 0 Å². The standard InChI is InChI=1S/C21H31N5O3S/c1-4-6-17(11-23-30(28,29)18-9-7-16(5-2)8-10-18)19-14-26(13-15(19)3)21(27)20-12-22-25-24-20/h7-10,12,15,17,19,23H,4-6,11,13-14H2,1-3H3,(H,22,24,25)/t15-,17+,19+/m1/s1. The van der Waals surface area contributed by atoms with Gasteiger partial charge in [-0.05, 0) is 48.3 Å². The minimum atomic E-state index is -3.56. The summed E-state index contributed by atoms with van der Waals surface area (Å²) >= 11 is 0. The van der Waals surface area contributed by atoms with Crippen molar-refractivity contribution in [3.05, 3.63) is 41.7 Å². The van der Waals surface area contributed by atoms with Gasteiger partial charge in [0.15, 0.2) is 0 Å². The quantitative estimate of drug-likeness (QED) is 0.632. The summed E-state index contributed by atoms with van der Waals surface area (Å²) in [5.74, 6) is 0.568. The molecule has 30 heavy (non-hydrogen) atoms. The zero-order valence-corrected chi connectivity index (χ0v) is 18.7. The zero-order chi connectivity index (χ0) is 21.7. The molecule has 8 nitrogen and oxygen atoms in total. The molecule has 1 aromatic heterocycles. The number of amides is 1. The van der Waals surface area contributed by atoms with Gasteiger partial charge in [-0.15, -0.1) is 5.10 Å². The lowest BCUT2D eigenvalue weighted by atomic mass is 9.82. The largest absolute Gasteiger partial charge is 0.337 e. The molecule has 1 aliphatic rings. The molecule has 2 heterocycles. The molecule has 3 atom stereocenters. The molecule has 0 unspecified atom stereocenters. The van der Waals surface area contributed by atoms with Gasteiger partial charge in [0.25, 0.3) is 5.91 Å². The maximum atomic E-state index is 12.8. The first-order valence-corrected chi connectivity index (χ1v) is 12.1. The fraction of sp³-hybridized carbons (Fsp3) is 0.571. The Morgan fingerprint density at radius 1 is 1.27 bits per heavy atom. The first kappa shape index (κ1) is 22.4. The number of H-pyrrole nitrogens is 1. The van der Waals surface area contributed by atoms with Crippen molar-refractivity contribution in [2.45, 2.75) is 44.9 Å². The highest BCUT2D eigenvalue weighted by Crippen LogP contribution is 2.33. The maximum absolute atomic E-state index is 12.8. The fourth-order valence-corrected chi connectivity index (χ4v) is 5.38. The van der Waals surface area contributed by atoms with Crippen molar-refractivity contribution in [3.63, 3.8) is 0 Å². The molecule has 1 aromatic carbocycles. The average molecular weight is 434 g/mol. The fourth-order valence-electron chi connectivity index (χ4n) is 4.29. The number of aromatic amines is 1. The number of rotatable bonds is 9. The lowest BCUT2D eigenvalue weighted by Crippen LogP contribution is -2.35. The number of benzene rings is 1. The molecule has 164 valence electrons. The van der Waals surface area contributed by atoms with Gasteiger partial charge < -0.3 is 4.90 Å². The molecule has 2 N–H and O–H groups in total. The van der Waals surface area contributed by atoms with Crippen LogP contribution < -0.4 is 4.72 Å². The highest BCUT2D eigenvalue weighted by molar-refractivity contribution is 7.89. The Bertz CT molecular complexity index is 928. The Morgan fingerprint density at radius 3 is 2.60 bits per heavy atom. The van der Waals surface area contributed by atoms with Gasteiger partial charge in [0.1, 0.15) is 5.69 Å². The van der Waals surface area contributed by atoms with Crippen molar-refractivity contribution >= 4 is 15.9 Å². The Kier molecular flexibility index (Phi) is 7.25. The van der Waals surface area contributed by atoms with Crippen LogP contribution in [0.5, 0.6) is 0 Å². The predicted molar refractivity (Wildman–Crippen MR) is 114 cm³/mol. The van der Waals surface area contributed by atoms with Gasteiger partial charge in [-0.25, -0.2) is 13.1 Å². The van der Waals surface area contributed by atoms with Crippen LogP contribution in [0.3, 0.4) is 0 Å². The second-order valence-corrected chi connectivity index (χ2v) is 9.89. The van der Waals surface area contributed by atoms with Crippen molar-refractivity contribution in [1.82, 2.24) is 25.0 Å². The number of hydrogen-bond donors (Lipinski definition) is 2. The van der Waals surface area contributed by atoms with E-state index in [4.69, 9.17) is 0 Å². The van der Waals surface area contributed by atoms with Crippen LogP contribution in [-0.4, -0.2) is 54.3 Å². The Labute approximate surface area is 178 Å². The molecule has 0 spiro atoms. The van der Waals surface area contributed by atoms with Gasteiger partial charge in [-0.1, -0.05) is 44.5 Å². The second kappa shape index (κ2) is 9.70. The molecule has 2 aromatic rings. The van der Waals surface area contributed by atoms with Gasteiger partial charge in [0, 0.05) is 19.6 Å². The minimum Gasteiger partial charge on any atom is -0.337 e. The van der Waals surface area contributed by atoms with Crippen LogP contribution in [0, 0.1) is 17.8 Å². The van der Waals surface area contributed by atoms with E-state index < -0.39 is 10.0 Å². The smallest absolute Gasteiger partial charge is 0.273 e. The predicted octanol–water partition coefficient (Wildman–Crippen LogP) is 2.47. The summed E-state index contributed by atoms with van der Waals surface area (Å²) in [6.45, 7) is 7.89. The summed E-state index contributed by atoms with van der Waals surface area (Å²) in [5.41, 5.74) is 1.49. The van der Waals surface area contributed by atoms with Crippen molar-refractivity contribution in [3.8, 4) is 0 Å². The third-order valence-electron chi connectivity index (χ3n) is 6.05. The van der Waals surface area contributed by atoms with Gasteiger partial charge in [-0.3, -0.25) is 9.89 Å². The second-order valence-electron chi connectivity index (χ2n) is 8.12. The lowest BCUT2D eigenvalue weighted by Gasteiger charge is -2.26. The molecular formula is C21H31N5O3S. The molecule has 0 bridgehead atoms. The van der Waals surface area contributed by atoms with E-state index in [1.54, 1.807) is 12.1 Å². The number of aromatic nitrogens is 3. The molecule has 1 saturated heterocycles. The van der Waals surface area contributed by atoms with Crippen LogP contribution in [0.25, 0.3) is 0 Å². The van der Waals surface area contributed by atoms with E-state index in [9.17, 15) is 13.2 Å². The van der Waals surface area contributed by atoms with Crippen molar-refractivity contribution in [2.24, 2.45) is 17.8 Å². The van der Waals surface area contributed by atoms with E-state index >= 15 is 0 Å². The van der Waals surface area contributed by atoms with E-state index in [1.807, 2.05) is 24.0 Å². The summed E-state index contributed by atoms with van der Waals surface area (Å²) in [6.07, 6.45) is 4.16. The van der Waals surface area contributed by atoms with E-state index in [2.05, 4.69) is 34.0 Å². The summed E-state index contributed by atoms with van der Waals surface area (Å²) in [6, 6.07) is 7.02. The highest BCUT2D eigenvalue weighted by Gasteiger charge is 2.38. The molecule has 1 aliphatic heterocycles. The van der Waals surface area contributed by atoms with Gasteiger partial charge >= 0.3 is 0 Å².